The van der Waals surface area contributed by atoms with Gasteiger partial charge in [-0.25, -0.2) is 4.39 Å². The highest BCUT2D eigenvalue weighted by atomic mass is 19.1. The van der Waals surface area contributed by atoms with E-state index in [2.05, 4.69) is 39.3 Å². The Morgan fingerprint density at radius 1 is 1.23 bits per heavy atom. The second kappa shape index (κ2) is 11.0. The zero-order valence-corrected chi connectivity index (χ0v) is 16.2. The molecule has 1 heterocycles. The SMILES string of the molecule is CCNC(=NCCN1CCN(c2ccc(F)cc2)CC1)NC(C)COC. The van der Waals surface area contributed by atoms with E-state index in [1.165, 1.54) is 12.1 Å². The number of piperazine rings is 1. The Hall–Kier alpha value is -1.86. The normalized spacial score (nSPS) is 17.2. The van der Waals surface area contributed by atoms with Crippen molar-refractivity contribution >= 4 is 11.6 Å². The van der Waals surface area contributed by atoms with Crippen molar-refractivity contribution in [3.8, 4) is 0 Å². The maximum atomic E-state index is 13.0. The van der Waals surface area contributed by atoms with Gasteiger partial charge in [-0.15, -0.1) is 0 Å². The van der Waals surface area contributed by atoms with Gasteiger partial charge in [-0.05, 0) is 38.1 Å². The molecule has 0 radical (unpaired) electrons. The van der Waals surface area contributed by atoms with Crippen LogP contribution >= 0.6 is 0 Å². The van der Waals surface area contributed by atoms with Crippen LogP contribution in [-0.4, -0.2) is 76.4 Å². The number of hydrogen-bond acceptors (Lipinski definition) is 4. The molecule has 1 aliphatic heterocycles. The van der Waals surface area contributed by atoms with E-state index in [4.69, 9.17) is 4.74 Å². The molecule has 146 valence electrons. The molecule has 1 saturated heterocycles. The van der Waals surface area contributed by atoms with Gasteiger partial charge in [0.05, 0.1) is 13.2 Å². The van der Waals surface area contributed by atoms with E-state index in [1.54, 1.807) is 7.11 Å². The summed E-state index contributed by atoms with van der Waals surface area (Å²) in [6, 6.07) is 6.97. The zero-order valence-electron chi connectivity index (χ0n) is 16.2. The van der Waals surface area contributed by atoms with Crippen LogP contribution in [0.1, 0.15) is 13.8 Å². The monoisotopic (exact) mass is 365 g/mol. The van der Waals surface area contributed by atoms with Crippen LogP contribution < -0.4 is 15.5 Å². The molecule has 0 bridgehead atoms. The molecule has 26 heavy (non-hydrogen) atoms. The fourth-order valence-electron chi connectivity index (χ4n) is 3.03. The van der Waals surface area contributed by atoms with Crippen LogP contribution in [0.4, 0.5) is 10.1 Å². The van der Waals surface area contributed by atoms with Crippen LogP contribution in [0.15, 0.2) is 29.3 Å². The lowest BCUT2D eigenvalue weighted by molar-refractivity contribution is 0.179. The van der Waals surface area contributed by atoms with E-state index in [9.17, 15) is 4.39 Å². The molecule has 0 spiro atoms. The molecule has 0 aliphatic carbocycles. The fourth-order valence-corrected chi connectivity index (χ4v) is 3.03. The topological polar surface area (TPSA) is 52.1 Å². The first-order chi connectivity index (χ1) is 12.6. The van der Waals surface area contributed by atoms with Gasteiger partial charge in [0.25, 0.3) is 0 Å². The third kappa shape index (κ3) is 6.80. The van der Waals surface area contributed by atoms with Crippen LogP contribution in [0.2, 0.25) is 0 Å². The summed E-state index contributed by atoms with van der Waals surface area (Å²) in [5, 5.41) is 6.61. The molecular weight excluding hydrogens is 333 g/mol. The molecule has 0 aromatic heterocycles. The number of benzene rings is 1. The van der Waals surface area contributed by atoms with Crippen molar-refractivity contribution in [3.05, 3.63) is 30.1 Å². The Labute approximate surface area is 156 Å². The van der Waals surface area contributed by atoms with Crippen molar-refractivity contribution in [3.63, 3.8) is 0 Å². The molecule has 0 amide bonds. The summed E-state index contributed by atoms with van der Waals surface area (Å²) < 4.78 is 18.2. The number of methoxy groups -OCH3 is 1. The summed E-state index contributed by atoms with van der Waals surface area (Å²) in [6.45, 7) is 11.2. The Morgan fingerprint density at radius 2 is 1.92 bits per heavy atom. The second-order valence-electron chi connectivity index (χ2n) is 6.57. The number of anilines is 1. The standard InChI is InChI=1S/C19H32FN5O/c1-4-21-19(23-16(2)15-26-3)22-9-10-24-11-13-25(14-12-24)18-7-5-17(20)6-8-18/h5-8,16H,4,9-15H2,1-3H3,(H2,21,22,23). The van der Waals surface area contributed by atoms with E-state index in [0.717, 1.165) is 57.5 Å². The lowest BCUT2D eigenvalue weighted by Crippen LogP contribution is -2.47. The van der Waals surface area contributed by atoms with E-state index < -0.39 is 0 Å². The molecular formula is C19H32FN5O. The summed E-state index contributed by atoms with van der Waals surface area (Å²) in [4.78, 5) is 9.38. The largest absolute Gasteiger partial charge is 0.383 e. The molecule has 1 aromatic rings. The number of nitrogens with one attached hydrogen (secondary N) is 2. The van der Waals surface area contributed by atoms with Gasteiger partial charge in [0.2, 0.25) is 0 Å². The lowest BCUT2D eigenvalue weighted by Gasteiger charge is -2.35. The number of halogens is 1. The van der Waals surface area contributed by atoms with Crippen molar-refractivity contribution in [2.24, 2.45) is 4.99 Å². The number of aliphatic imine (C=N–C) groups is 1. The minimum absolute atomic E-state index is 0.185. The number of rotatable bonds is 8. The third-order valence-electron chi connectivity index (χ3n) is 4.39. The molecule has 1 aromatic carbocycles. The molecule has 1 fully saturated rings. The van der Waals surface area contributed by atoms with Gasteiger partial charge < -0.3 is 20.3 Å². The van der Waals surface area contributed by atoms with Crippen LogP contribution in [0, 0.1) is 5.82 Å². The highest BCUT2D eigenvalue weighted by Crippen LogP contribution is 2.16. The summed E-state index contributed by atoms with van der Waals surface area (Å²) >= 11 is 0. The van der Waals surface area contributed by atoms with Gasteiger partial charge >= 0.3 is 0 Å². The molecule has 2 rings (SSSR count). The molecule has 0 saturated carbocycles. The highest BCUT2D eigenvalue weighted by Gasteiger charge is 2.16. The van der Waals surface area contributed by atoms with Crippen molar-refractivity contribution < 1.29 is 9.13 Å². The van der Waals surface area contributed by atoms with Crippen LogP contribution in [0.5, 0.6) is 0 Å². The summed E-state index contributed by atoms with van der Waals surface area (Å²) in [5.74, 6) is 0.650. The Bertz CT molecular complexity index is 543. The number of ether oxygens (including phenoxy) is 1. The first-order valence-corrected chi connectivity index (χ1v) is 9.39. The van der Waals surface area contributed by atoms with Crippen molar-refractivity contribution in [1.82, 2.24) is 15.5 Å². The van der Waals surface area contributed by atoms with Gasteiger partial charge in [-0.3, -0.25) is 9.89 Å². The molecule has 1 unspecified atom stereocenters. The lowest BCUT2D eigenvalue weighted by atomic mass is 10.2. The summed E-state index contributed by atoms with van der Waals surface area (Å²) in [7, 11) is 1.70. The minimum Gasteiger partial charge on any atom is -0.383 e. The van der Waals surface area contributed by atoms with E-state index >= 15 is 0 Å². The molecule has 7 heteroatoms. The summed E-state index contributed by atoms with van der Waals surface area (Å²) in [5.41, 5.74) is 1.09. The summed E-state index contributed by atoms with van der Waals surface area (Å²) in [6.07, 6.45) is 0. The van der Waals surface area contributed by atoms with E-state index in [0.29, 0.717) is 6.61 Å². The van der Waals surface area contributed by atoms with Crippen LogP contribution in [0.25, 0.3) is 0 Å². The van der Waals surface area contributed by atoms with Crippen LogP contribution in [-0.2, 0) is 4.74 Å². The van der Waals surface area contributed by atoms with Gasteiger partial charge in [-0.2, -0.15) is 0 Å². The van der Waals surface area contributed by atoms with Gasteiger partial charge in [0.1, 0.15) is 5.82 Å². The van der Waals surface area contributed by atoms with Crippen LogP contribution in [0.3, 0.4) is 0 Å². The van der Waals surface area contributed by atoms with Crippen molar-refractivity contribution in [2.75, 3.05) is 64.4 Å². The number of hydrogen-bond donors (Lipinski definition) is 2. The molecule has 6 nitrogen and oxygen atoms in total. The zero-order chi connectivity index (χ0) is 18.8. The van der Waals surface area contributed by atoms with Gasteiger partial charge in [0.15, 0.2) is 5.96 Å². The average Bonchev–Trinajstić information content (AvgIpc) is 2.63. The fraction of sp³-hybridized carbons (Fsp3) is 0.632. The van der Waals surface area contributed by atoms with Gasteiger partial charge in [0, 0.05) is 58.1 Å². The molecule has 1 aliphatic rings. The molecule has 2 N–H and O–H groups in total. The van der Waals surface area contributed by atoms with Crippen molar-refractivity contribution in [1.29, 1.82) is 0 Å². The Kier molecular flexibility index (Phi) is 8.64. The predicted molar refractivity (Wildman–Crippen MR) is 106 cm³/mol. The smallest absolute Gasteiger partial charge is 0.191 e. The maximum Gasteiger partial charge on any atom is 0.191 e. The highest BCUT2D eigenvalue weighted by molar-refractivity contribution is 5.80. The number of nitrogens with zero attached hydrogens (tertiary/aromatic N) is 3. The maximum absolute atomic E-state index is 13.0. The van der Waals surface area contributed by atoms with Crippen molar-refractivity contribution in [2.45, 2.75) is 19.9 Å². The van der Waals surface area contributed by atoms with Gasteiger partial charge in [-0.1, -0.05) is 0 Å². The predicted octanol–water partition coefficient (Wildman–Crippen LogP) is 1.54. The van der Waals surface area contributed by atoms with E-state index in [1.807, 2.05) is 12.1 Å². The first-order valence-electron chi connectivity index (χ1n) is 9.39. The quantitative estimate of drug-likeness (QED) is 0.541. The Balaban J connectivity index is 1.74. The minimum atomic E-state index is -0.185. The molecule has 1 atom stereocenters. The first kappa shape index (κ1) is 20.5. The third-order valence-corrected chi connectivity index (χ3v) is 4.39. The Morgan fingerprint density at radius 3 is 2.54 bits per heavy atom. The number of guanidine groups is 1. The van der Waals surface area contributed by atoms with E-state index in [-0.39, 0.29) is 11.9 Å². The average molecular weight is 365 g/mol. The second-order valence-corrected chi connectivity index (χ2v) is 6.57.